The maximum Gasteiger partial charge on any atom is 1.00 e. The van der Waals surface area contributed by atoms with Crippen LogP contribution in [0.15, 0.2) is 146 Å². The Morgan fingerprint density at radius 1 is 0.510 bits per heavy atom. The van der Waals surface area contributed by atoms with Crippen molar-refractivity contribution in [2.45, 2.75) is 147 Å². The van der Waals surface area contributed by atoms with Crippen LogP contribution in [0, 0.1) is 48.5 Å². The van der Waals surface area contributed by atoms with E-state index in [1.165, 1.54) is 23.3 Å². The number of cyclic esters (lactones) is 2. The molecule has 2 fully saturated rings. The van der Waals surface area contributed by atoms with Crippen molar-refractivity contribution in [2.24, 2.45) is 0 Å². The van der Waals surface area contributed by atoms with Gasteiger partial charge >= 0.3 is 72.6 Å². The number of nitrogens with zero attached hydrogens (tertiary/aromatic N) is 1. The molecule has 2 heterocycles. The Kier molecular flexibility index (Phi) is 34.1. The Bertz CT molecular complexity index is 4120. The van der Waals surface area contributed by atoms with Gasteiger partial charge in [-0.25, -0.2) is 9.59 Å². The Morgan fingerprint density at radius 3 is 1.29 bits per heavy atom. The van der Waals surface area contributed by atoms with Crippen LogP contribution >= 0.6 is 35.8 Å². The first-order valence-corrected chi connectivity index (χ1v) is 30.2. The molecule has 0 spiro atoms. The van der Waals surface area contributed by atoms with Crippen molar-refractivity contribution in [3.63, 3.8) is 0 Å². The molecule has 10 nitrogen and oxygen atoms in total. The number of alkyl carbamates (subject to hydrolysis) is 1. The van der Waals surface area contributed by atoms with E-state index in [9.17, 15) is 49.1 Å². The second-order valence-corrected chi connectivity index (χ2v) is 23.1. The van der Waals surface area contributed by atoms with Crippen molar-refractivity contribution in [3.8, 4) is 44.5 Å². The van der Waals surface area contributed by atoms with Crippen molar-refractivity contribution in [1.82, 2.24) is 10.2 Å². The summed E-state index contributed by atoms with van der Waals surface area (Å²) in [5.41, 5.74) is 14.1. The van der Waals surface area contributed by atoms with Gasteiger partial charge in [0, 0.05) is 22.5 Å². The summed E-state index contributed by atoms with van der Waals surface area (Å²) in [7, 11) is 0. The molecule has 0 aliphatic carbocycles. The molecule has 0 unspecified atom stereocenters. The molecule has 8 aromatic carbocycles. The molecule has 522 valence electrons. The van der Waals surface area contributed by atoms with E-state index >= 15 is 0 Å². The maximum atomic E-state index is 13.5. The molecular weight excluding hydrogens is 1350 g/mol. The zero-order valence-electron chi connectivity index (χ0n) is 55.6. The van der Waals surface area contributed by atoms with Gasteiger partial charge in [0.2, 0.25) is 0 Å². The molecule has 98 heavy (non-hydrogen) atoms. The number of thiol groups is 1. The molecule has 2 amide bonds. The van der Waals surface area contributed by atoms with Gasteiger partial charge in [0.05, 0.1) is 35.3 Å². The van der Waals surface area contributed by atoms with Crippen LogP contribution in [-0.4, -0.2) is 47.7 Å². The Morgan fingerprint density at radius 2 is 0.898 bits per heavy atom. The largest absolute Gasteiger partial charge is 1.00 e. The average molecular weight is 1440 g/mol. The van der Waals surface area contributed by atoms with E-state index in [1.54, 1.807) is 44.7 Å². The molecule has 2 aliphatic rings. The fraction of sp³-hybridized carbons (Fsp3) is 0.307. The number of hydrogen-bond donors (Lipinski definition) is 2. The topological polar surface area (TPSA) is 136 Å². The minimum atomic E-state index is -4.49. The third-order valence-corrected chi connectivity index (χ3v) is 15.9. The minimum absolute atomic E-state index is 0. The van der Waals surface area contributed by atoms with E-state index in [4.69, 9.17) is 53.2 Å². The number of rotatable bonds is 9. The van der Waals surface area contributed by atoms with Crippen molar-refractivity contribution >= 4 is 60.3 Å². The van der Waals surface area contributed by atoms with E-state index in [2.05, 4.69) is 68.2 Å². The number of alkyl halides is 9. The Hall–Kier alpha value is -7.64. The van der Waals surface area contributed by atoms with Crippen LogP contribution in [0.3, 0.4) is 0 Å². The molecule has 4 atom stereocenters. The fourth-order valence-electron chi connectivity index (χ4n) is 11.0. The first kappa shape index (κ1) is 86.4. The number of aryl methyl sites for hydroxylation is 8. The van der Waals surface area contributed by atoms with Gasteiger partial charge < -0.3 is 16.2 Å². The molecule has 2 saturated heterocycles. The standard InChI is InChI=1S/C34H31ClF3NO2.C23H20ClF3.C12H12F3NO2.2CO2.CH4S.3CH4.Na.H/c1-19-6-9-28(22(4)12-19)24-8-11-31(35)30(17-24)29-10-7-20(2)13-26(29)18-39-23(5)32(41-33(39)40)25-14-21(3)15-27(16-25)34(36,37)38;1-4-16-12-18(23(25,26)27)7-9-20(16)21-13-17(6-10-22(21)24)19-8-5-14(2)11-15(19)3;1-6-3-8(5-9(4-6)12(13,14)15)10-7(2)16-11(17)18-10;2*2-1-3;1-2;;;;;/h6-17,23,32H,18H2,1-5H3;5-13H,4H2,1-3H3;3-5,7,10H,1-2H3,(H,16,17);;;2H,1H3;3*1H4;;/q;;;;;;;;;+1;-1/t23-,32-;;7-,10-;;;;;;;;/m0.0......../s1/i;;;;;1D;;;;;. The Balaban J connectivity index is 0.00000144. The van der Waals surface area contributed by atoms with Crippen molar-refractivity contribution in [2.75, 3.05) is 6.23 Å². The van der Waals surface area contributed by atoms with Crippen LogP contribution < -0.4 is 34.9 Å². The molecule has 0 bridgehead atoms. The van der Waals surface area contributed by atoms with Gasteiger partial charge in [0.25, 0.3) is 0 Å². The molecule has 23 heteroatoms. The van der Waals surface area contributed by atoms with E-state index in [-0.39, 0.29) is 84.4 Å². The minimum Gasteiger partial charge on any atom is -1.00 e. The quantitative estimate of drug-likeness (QED) is 0.0828. The number of halogens is 11. The number of carbonyl (C=O) groups excluding carboxylic acids is 6. The summed E-state index contributed by atoms with van der Waals surface area (Å²) in [6, 6.07) is 40.7. The summed E-state index contributed by atoms with van der Waals surface area (Å²) in [5.74, 6) is 0. The van der Waals surface area contributed by atoms with Crippen LogP contribution in [0.2, 0.25) is 10.0 Å². The van der Waals surface area contributed by atoms with Gasteiger partial charge in [-0.2, -0.15) is 71.3 Å². The van der Waals surface area contributed by atoms with E-state index < -0.39 is 65.7 Å². The molecule has 2 aliphatic heterocycles. The molecule has 1 N–H and O–H groups in total. The van der Waals surface area contributed by atoms with E-state index in [1.807, 2.05) is 82.3 Å². The molecule has 8 aromatic rings. The second-order valence-electron chi connectivity index (χ2n) is 22.3. The van der Waals surface area contributed by atoms with Gasteiger partial charge in [-0.3, -0.25) is 4.90 Å². The summed E-state index contributed by atoms with van der Waals surface area (Å²) in [5, 5.41) is 3.61. The average Bonchev–Trinajstić information content (AvgIpc) is 1.42. The maximum absolute atomic E-state index is 13.5. The first-order valence-electron chi connectivity index (χ1n) is 29.5. The molecule has 0 radical (unpaired) electrons. The molecular formula is C75H80Cl2F9N2NaO8S. The summed E-state index contributed by atoms with van der Waals surface area (Å²) in [6.07, 6.45) is -14.8. The van der Waals surface area contributed by atoms with Gasteiger partial charge in [-0.15, -0.1) is 0 Å². The third kappa shape index (κ3) is 23.2. The molecule has 0 saturated carbocycles. The van der Waals surface area contributed by atoms with E-state index in [0.29, 0.717) is 44.3 Å². The van der Waals surface area contributed by atoms with Crippen LogP contribution in [-0.2, 0) is 60.1 Å². The second kappa shape index (κ2) is 38.6. The predicted molar refractivity (Wildman–Crippen MR) is 367 cm³/mol. The van der Waals surface area contributed by atoms with Gasteiger partial charge in [0.15, 0.2) is 0 Å². The van der Waals surface area contributed by atoms with Crippen molar-refractivity contribution in [1.29, 1.82) is 0 Å². The van der Waals surface area contributed by atoms with Crippen molar-refractivity contribution in [3.05, 3.63) is 234 Å². The number of ether oxygens (including phenoxy) is 2. The number of hydrogen-bond acceptors (Lipinski definition) is 9. The zero-order chi connectivity index (χ0) is 71.0. The van der Waals surface area contributed by atoms with Crippen LogP contribution in [0.5, 0.6) is 0 Å². The zero-order valence-corrected chi connectivity index (χ0v) is 58.0. The smallest absolute Gasteiger partial charge is 1.00 e. The summed E-state index contributed by atoms with van der Waals surface area (Å²) in [6.45, 7) is 18.9. The number of amides is 2. The van der Waals surface area contributed by atoms with Gasteiger partial charge in [-0.1, -0.05) is 165 Å². The predicted octanol–water partition coefficient (Wildman–Crippen LogP) is 19.5. The number of benzene rings is 8. The first-order chi connectivity index (χ1) is 44.5. The van der Waals surface area contributed by atoms with Crippen LogP contribution in [0.1, 0.15) is 136 Å². The van der Waals surface area contributed by atoms with Crippen LogP contribution in [0.25, 0.3) is 44.5 Å². The van der Waals surface area contributed by atoms with Crippen LogP contribution in [0.4, 0.5) is 49.1 Å². The molecule has 0 aromatic heterocycles. The number of nitrogens with one attached hydrogen (secondary N) is 1. The monoisotopic (exact) mass is 1430 g/mol. The summed E-state index contributed by atoms with van der Waals surface area (Å²) >= 11 is 16.6. The SMILES string of the molecule is C.C.C.CCc1cc(C(F)(F)F)ccc1-c1cc(-c2ccc(C)cc2C)ccc1Cl.Cc1cc([C@H]2OC(=O)N(Cc3cc(C)ccc3-c3cc(-c4ccc(C)cc4C)ccc3Cl)[C@H]2C)cc(C(F)(F)F)c1.Cc1cc([C@H]2OC(=O)N[C@H]2C)cc(C(F)(F)F)c1.O=C=O.O=C=O.[2H]CS.[H-].[Na+]. The van der Waals surface area contributed by atoms with Crippen molar-refractivity contribution < 1.29 is 110 Å². The Labute approximate surface area is 608 Å². The number of carbonyl (C=O) groups is 2. The summed E-state index contributed by atoms with van der Waals surface area (Å²) in [4.78, 5) is 58.2. The normalized spacial score (nSPS) is 15.1. The van der Waals surface area contributed by atoms with Gasteiger partial charge in [-0.05, 0) is 202 Å². The third-order valence-electron chi connectivity index (χ3n) is 15.3. The van der Waals surface area contributed by atoms with E-state index in [0.717, 1.165) is 97.1 Å². The van der Waals surface area contributed by atoms with Gasteiger partial charge in [0.1, 0.15) is 12.2 Å². The fourth-order valence-corrected chi connectivity index (χ4v) is 11.4. The molecule has 10 rings (SSSR count). The summed E-state index contributed by atoms with van der Waals surface area (Å²) < 4.78 is 134.